The SMILES string of the molecule is CC(C)N1CC(c2ncc(-c3cc4ccccc4s3)[nH]2)CC1=O.O=C(O)C(F)(F)F. The molecule has 1 amide bonds. The Morgan fingerprint density at radius 1 is 1.33 bits per heavy atom. The van der Waals surface area contributed by atoms with Gasteiger partial charge in [0, 0.05) is 29.6 Å². The van der Waals surface area contributed by atoms with Gasteiger partial charge in [0.1, 0.15) is 5.82 Å². The third kappa shape index (κ3) is 4.81. The van der Waals surface area contributed by atoms with Crippen LogP contribution in [-0.4, -0.2) is 50.6 Å². The molecule has 1 atom stereocenters. The van der Waals surface area contributed by atoms with E-state index in [9.17, 15) is 18.0 Å². The molecule has 0 bridgehead atoms. The molecule has 10 heteroatoms. The number of aliphatic carboxylic acids is 1. The van der Waals surface area contributed by atoms with E-state index in [1.807, 2.05) is 11.1 Å². The van der Waals surface area contributed by atoms with Gasteiger partial charge in [-0.15, -0.1) is 11.3 Å². The topological polar surface area (TPSA) is 86.3 Å². The van der Waals surface area contributed by atoms with Gasteiger partial charge in [0.15, 0.2) is 0 Å². The second-order valence-corrected chi connectivity index (χ2v) is 8.26. The molecule has 0 aliphatic carbocycles. The van der Waals surface area contributed by atoms with Crippen LogP contribution in [0.3, 0.4) is 0 Å². The number of fused-ring (bicyclic) bond motifs is 1. The molecule has 2 N–H and O–H groups in total. The first-order valence-electron chi connectivity index (χ1n) is 9.19. The molecule has 2 aromatic heterocycles. The number of carboxylic acids is 1. The zero-order valence-corrected chi connectivity index (χ0v) is 17.0. The number of nitrogens with one attached hydrogen (secondary N) is 1. The summed E-state index contributed by atoms with van der Waals surface area (Å²) in [6.45, 7) is 4.88. The van der Waals surface area contributed by atoms with Crippen molar-refractivity contribution < 1.29 is 27.9 Å². The number of H-pyrrole nitrogens is 1. The minimum absolute atomic E-state index is 0.174. The number of likely N-dealkylation sites (tertiary alicyclic amines) is 1. The Labute approximate surface area is 174 Å². The smallest absolute Gasteiger partial charge is 0.475 e. The predicted molar refractivity (Wildman–Crippen MR) is 107 cm³/mol. The molecular weight excluding hydrogens is 419 g/mol. The molecule has 0 spiro atoms. The van der Waals surface area contributed by atoms with Gasteiger partial charge in [-0.1, -0.05) is 18.2 Å². The van der Waals surface area contributed by atoms with E-state index in [4.69, 9.17) is 9.90 Å². The van der Waals surface area contributed by atoms with Gasteiger partial charge in [-0.3, -0.25) is 4.79 Å². The zero-order valence-electron chi connectivity index (χ0n) is 16.2. The first-order chi connectivity index (χ1) is 14.1. The van der Waals surface area contributed by atoms with Crippen LogP contribution in [0.2, 0.25) is 0 Å². The van der Waals surface area contributed by atoms with Crippen LogP contribution in [0.1, 0.15) is 32.0 Å². The number of hydrogen-bond donors (Lipinski definition) is 2. The Kier molecular flexibility index (Phi) is 6.16. The lowest BCUT2D eigenvalue weighted by Gasteiger charge is -2.20. The Bertz CT molecular complexity index is 1030. The van der Waals surface area contributed by atoms with Crippen molar-refractivity contribution in [2.24, 2.45) is 0 Å². The number of benzene rings is 1. The van der Waals surface area contributed by atoms with Crippen molar-refractivity contribution in [2.45, 2.75) is 38.4 Å². The van der Waals surface area contributed by atoms with Crippen molar-refractivity contribution in [1.82, 2.24) is 14.9 Å². The van der Waals surface area contributed by atoms with Crippen LogP contribution in [0.4, 0.5) is 13.2 Å². The van der Waals surface area contributed by atoms with E-state index in [-0.39, 0.29) is 17.9 Å². The van der Waals surface area contributed by atoms with Gasteiger partial charge in [0.2, 0.25) is 5.91 Å². The van der Waals surface area contributed by atoms with Crippen LogP contribution in [0.15, 0.2) is 36.5 Å². The second kappa shape index (κ2) is 8.47. The molecule has 1 saturated heterocycles. The number of rotatable bonds is 3. The van der Waals surface area contributed by atoms with Crippen LogP contribution < -0.4 is 0 Å². The van der Waals surface area contributed by atoms with Crippen molar-refractivity contribution in [3.8, 4) is 10.6 Å². The highest BCUT2D eigenvalue weighted by Crippen LogP contribution is 2.34. The van der Waals surface area contributed by atoms with Gasteiger partial charge in [-0.25, -0.2) is 9.78 Å². The maximum Gasteiger partial charge on any atom is 0.490 e. The Hall–Kier alpha value is -2.88. The first-order valence-corrected chi connectivity index (χ1v) is 10.0. The summed E-state index contributed by atoms with van der Waals surface area (Å²) in [4.78, 5) is 32.1. The third-order valence-corrected chi connectivity index (χ3v) is 5.85. The lowest BCUT2D eigenvalue weighted by atomic mass is 10.1. The first kappa shape index (κ1) is 21.8. The number of aromatic nitrogens is 2. The maximum atomic E-state index is 12.1. The van der Waals surface area contributed by atoms with Crippen molar-refractivity contribution in [3.63, 3.8) is 0 Å². The van der Waals surface area contributed by atoms with Crippen LogP contribution >= 0.6 is 11.3 Å². The van der Waals surface area contributed by atoms with E-state index in [1.54, 1.807) is 11.3 Å². The van der Waals surface area contributed by atoms with Gasteiger partial charge >= 0.3 is 12.1 Å². The number of halogens is 3. The fourth-order valence-electron chi connectivity index (χ4n) is 3.20. The molecule has 30 heavy (non-hydrogen) atoms. The average molecular weight is 439 g/mol. The van der Waals surface area contributed by atoms with Gasteiger partial charge in [-0.05, 0) is 31.4 Å². The number of alkyl halides is 3. The molecule has 4 rings (SSSR count). The van der Waals surface area contributed by atoms with Gasteiger partial charge in [0.25, 0.3) is 0 Å². The average Bonchev–Trinajstić information content (AvgIpc) is 3.38. The maximum absolute atomic E-state index is 12.1. The van der Waals surface area contributed by atoms with Crippen molar-refractivity contribution >= 4 is 33.3 Å². The zero-order chi connectivity index (χ0) is 22.1. The van der Waals surface area contributed by atoms with Gasteiger partial charge in [0.05, 0.1) is 16.8 Å². The molecule has 3 heterocycles. The minimum Gasteiger partial charge on any atom is -0.475 e. The number of hydrogen-bond acceptors (Lipinski definition) is 4. The summed E-state index contributed by atoms with van der Waals surface area (Å²) in [5, 5.41) is 8.38. The summed E-state index contributed by atoms with van der Waals surface area (Å²) >= 11 is 1.76. The lowest BCUT2D eigenvalue weighted by Crippen LogP contribution is -2.31. The Morgan fingerprint density at radius 3 is 2.57 bits per heavy atom. The van der Waals surface area contributed by atoms with E-state index in [2.05, 4.69) is 54.1 Å². The number of carbonyl (C=O) groups excluding carboxylic acids is 1. The van der Waals surface area contributed by atoms with Crippen LogP contribution in [0.25, 0.3) is 20.7 Å². The molecule has 3 aromatic rings. The number of imidazole rings is 1. The molecular formula is C20H20F3N3O3S. The number of amides is 1. The highest BCUT2D eigenvalue weighted by atomic mass is 32.1. The van der Waals surface area contributed by atoms with E-state index in [1.165, 1.54) is 15.0 Å². The van der Waals surface area contributed by atoms with Crippen molar-refractivity contribution in [3.05, 3.63) is 42.4 Å². The summed E-state index contributed by atoms with van der Waals surface area (Å²) in [5.74, 6) is -1.43. The van der Waals surface area contributed by atoms with E-state index in [0.717, 1.165) is 18.1 Å². The number of thiophene rings is 1. The largest absolute Gasteiger partial charge is 0.490 e. The third-order valence-electron chi connectivity index (χ3n) is 4.70. The van der Waals surface area contributed by atoms with Gasteiger partial charge < -0.3 is 15.0 Å². The molecule has 1 aliphatic rings. The summed E-state index contributed by atoms with van der Waals surface area (Å²) in [5.41, 5.74) is 1.04. The number of carboxylic acid groups (broad SMARTS) is 1. The summed E-state index contributed by atoms with van der Waals surface area (Å²) in [7, 11) is 0. The van der Waals surface area contributed by atoms with Crippen LogP contribution in [-0.2, 0) is 9.59 Å². The van der Waals surface area contributed by atoms with E-state index < -0.39 is 12.1 Å². The van der Waals surface area contributed by atoms with Crippen LogP contribution in [0, 0.1) is 0 Å². The molecule has 0 saturated carbocycles. The van der Waals surface area contributed by atoms with E-state index >= 15 is 0 Å². The second-order valence-electron chi connectivity index (χ2n) is 7.17. The summed E-state index contributed by atoms with van der Waals surface area (Å²) in [6.07, 6.45) is -2.64. The van der Waals surface area contributed by atoms with Crippen LogP contribution in [0.5, 0.6) is 0 Å². The fraction of sp³-hybridized carbons (Fsp3) is 0.350. The quantitative estimate of drug-likeness (QED) is 0.622. The molecule has 160 valence electrons. The highest BCUT2D eigenvalue weighted by molar-refractivity contribution is 7.22. The molecule has 0 radical (unpaired) electrons. The number of aromatic amines is 1. The monoisotopic (exact) mass is 439 g/mol. The lowest BCUT2D eigenvalue weighted by molar-refractivity contribution is -0.192. The molecule has 1 aliphatic heterocycles. The summed E-state index contributed by atoms with van der Waals surface area (Å²) in [6, 6.07) is 10.8. The fourth-order valence-corrected chi connectivity index (χ4v) is 4.23. The minimum atomic E-state index is -5.08. The Balaban J connectivity index is 0.000000318. The molecule has 1 fully saturated rings. The standard InChI is InChI=1S/C18H19N3OS.C2HF3O2/c1-11(2)21-10-13(8-17(21)22)18-19-9-14(20-18)16-7-12-5-3-4-6-15(12)23-16;3-2(4,5)1(6)7/h3-7,9,11,13H,8,10H2,1-2H3,(H,19,20);(H,6,7). The normalized spacial score (nSPS) is 16.8. The highest BCUT2D eigenvalue weighted by Gasteiger charge is 2.38. The Morgan fingerprint density at radius 2 is 2.00 bits per heavy atom. The van der Waals surface area contributed by atoms with E-state index in [0.29, 0.717) is 6.42 Å². The summed E-state index contributed by atoms with van der Waals surface area (Å²) < 4.78 is 33.0. The number of carbonyl (C=O) groups is 2. The van der Waals surface area contributed by atoms with Crippen molar-refractivity contribution in [2.75, 3.05) is 6.54 Å². The van der Waals surface area contributed by atoms with Gasteiger partial charge in [-0.2, -0.15) is 13.2 Å². The molecule has 1 unspecified atom stereocenters. The predicted octanol–water partition coefficient (Wildman–Crippen LogP) is 4.65. The number of nitrogens with zero attached hydrogens (tertiary/aromatic N) is 2. The van der Waals surface area contributed by atoms with Crippen molar-refractivity contribution in [1.29, 1.82) is 0 Å². The molecule has 1 aromatic carbocycles. The molecule has 6 nitrogen and oxygen atoms in total.